The van der Waals surface area contributed by atoms with Gasteiger partial charge in [-0.3, -0.25) is 9.59 Å². The molecule has 2 amide bonds. The molecule has 0 saturated heterocycles. The Morgan fingerprint density at radius 1 is 0.955 bits per heavy atom. The van der Waals surface area contributed by atoms with Crippen molar-refractivity contribution < 1.29 is 9.59 Å². The van der Waals surface area contributed by atoms with E-state index in [0.717, 1.165) is 38.0 Å². The second-order valence-electron chi connectivity index (χ2n) is 5.14. The van der Waals surface area contributed by atoms with E-state index in [2.05, 4.69) is 36.3 Å². The summed E-state index contributed by atoms with van der Waals surface area (Å²) < 4.78 is 0. The molecule has 1 rings (SSSR count). The van der Waals surface area contributed by atoms with Gasteiger partial charge in [0.25, 0.3) is 0 Å². The van der Waals surface area contributed by atoms with Crippen molar-refractivity contribution in [1.82, 2.24) is 5.32 Å². The quantitative estimate of drug-likeness (QED) is 0.573. The van der Waals surface area contributed by atoms with Gasteiger partial charge >= 0.3 is 11.8 Å². The zero-order chi connectivity index (χ0) is 16.4. The van der Waals surface area contributed by atoms with Gasteiger partial charge in [-0.2, -0.15) is 0 Å². The predicted octanol–water partition coefficient (Wildman–Crippen LogP) is 2.78. The molecule has 5 heteroatoms. The van der Waals surface area contributed by atoms with Crippen molar-refractivity contribution in [3.05, 3.63) is 24.3 Å². The Balaban J connectivity index is 2.49. The van der Waals surface area contributed by atoms with Gasteiger partial charge in [0.1, 0.15) is 0 Å². The maximum atomic E-state index is 11.8. The van der Waals surface area contributed by atoms with E-state index in [-0.39, 0.29) is 0 Å². The lowest BCUT2D eigenvalue weighted by Crippen LogP contribution is -2.35. The topological polar surface area (TPSA) is 61.4 Å². The highest BCUT2D eigenvalue weighted by Crippen LogP contribution is 2.17. The number of carbonyl (C=O) groups excluding carboxylic acids is 2. The number of unbranched alkanes of at least 4 members (excludes halogenated alkanes) is 2. The van der Waals surface area contributed by atoms with Gasteiger partial charge in [-0.1, -0.05) is 19.8 Å². The smallest absolute Gasteiger partial charge is 0.313 e. The van der Waals surface area contributed by atoms with Crippen LogP contribution in [0.4, 0.5) is 11.4 Å². The number of benzene rings is 1. The second-order valence-corrected chi connectivity index (χ2v) is 5.14. The van der Waals surface area contributed by atoms with E-state index in [9.17, 15) is 9.59 Å². The zero-order valence-corrected chi connectivity index (χ0v) is 13.8. The number of anilines is 2. The minimum atomic E-state index is -0.618. The SMILES string of the molecule is CCCCCNC(=O)C(=O)Nc1ccc(N(CC)CC)cc1. The molecule has 1 aromatic carbocycles. The van der Waals surface area contributed by atoms with Gasteiger partial charge in [-0.15, -0.1) is 0 Å². The van der Waals surface area contributed by atoms with E-state index in [1.165, 1.54) is 0 Å². The van der Waals surface area contributed by atoms with Gasteiger partial charge in [-0.05, 0) is 44.5 Å². The Kier molecular flexibility index (Phi) is 8.04. The summed E-state index contributed by atoms with van der Waals surface area (Å²) in [6.07, 6.45) is 3.03. The standard InChI is InChI=1S/C17H27N3O2/c1-4-7-8-13-18-16(21)17(22)19-14-9-11-15(12-10-14)20(5-2)6-3/h9-12H,4-8,13H2,1-3H3,(H,18,21)(H,19,22). The maximum Gasteiger partial charge on any atom is 0.313 e. The lowest BCUT2D eigenvalue weighted by molar-refractivity contribution is -0.136. The third-order valence-electron chi connectivity index (χ3n) is 3.53. The fraction of sp³-hybridized carbons (Fsp3) is 0.529. The van der Waals surface area contributed by atoms with E-state index >= 15 is 0 Å². The number of hydrogen-bond donors (Lipinski definition) is 2. The first-order valence-electron chi connectivity index (χ1n) is 8.06. The number of hydrogen-bond acceptors (Lipinski definition) is 3. The van der Waals surface area contributed by atoms with Crippen LogP contribution in [-0.4, -0.2) is 31.4 Å². The molecule has 2 N–H and O–H groups in total. The molecule has 0 saturated carbocycles. The van der Waals surface area contributed by atoms with E-state index in [1.807, 2.05) is 24.3 Å². The van der Waals surface area contributed by atoms with Gasteiger partial charge in [0.05, 0.1) is 0 Å². The summed E-state index contributed by atoms with van der Waals surface area (Å²) in [5.74, 6) is -1.20. The van der Waals surface area contributed by atoms with E-state index in [4.69, 9.17) is 0 Å². The maximum absolute atomic E-state index is 11.8. The van der Waals surface area contributed by atoms with Crippen molar-refractivity contribution in [2.45, 2.75) is 40.0 Å². The molecule has 5 nitrogen and oxygen atoms in total. The molecule has 0 aliphatic rings. The molecule has 0 fully saturated rings. The number of nitrogens with one attached hydrogen (secondary N) is 2. The number of rotatable bonds is 8. The van der Waals surface area contributed by atoms with E-state index in [1.54, 1.807) is 0 Å². The van der Waals surface area contributed by atoms with Crippen LogP contribution in [0, 0.1) is 0 Å². The molecule has 1 aromatic rings. The first-order chi connectivity index (χ1) is 10.6. The van der Waals surface area contributed by atoms with Crippen LogP contribution in [0.3, 0.4) is 0 Å². The molecule has 122 valence electrons. The highest BCUT2D eigenvalue weighted by molar-refractivity contribution is 6.39. The Morgan fingerprint density at radius 2 is 1.59 bits per heavy atom. The lowest BCUT2D eigenvalue weighted by Gasteiger charge is -2.21. The third-order valence-corrected chi connectivity index (χ3v) is 3.53. The molecule has 0 bridgehead atoms. The van der Waals surface area contributed by atoms with Crippen molar-refractivity contribution in [3.8, 4) is 0 Å². The lowest BCUT2D eigenvalue weighted by atomic mass is 10.2. The fourth-order valence-electron chi connectivity index (χ4n) is 2.19. The molecule has 0 radical (unpaired) electrons. The monoisotopic (exact) mass is 305 g/mol. The molecule has 0 heterocycles. The molecule has 0 atom stereocenters. The molecule has 0 aromatic heterocycles. The molecule has 0 aliphatic carbocycles. The average molecular weight is 305 g/mol. The molecule has 22 heavy (non-hydrogen) atoms. The minimum Gasteiger partial charge on any atom is -0.372 e. The fourth-order valence-corrected chi connectivity index (χ4v) is 2.19. The third kappa shape index (κ3) is 5.76. The molecule has 0 spiro atoms. The largest absolute Gasteiger partial charge is 0.372 e. The number of nitrogens with zero attached hydrogens (tertiary/aromatic N) is 1. The Labute approximate surface area is 133 Å². The molecule has 0 unspecified atom stereocenters. The van der Waals surface area contributed by atoms with Crippen LogP contribution in [0.1, 0.15) is 40.0 Å². The van der Waals surface area contributed by atoms with Crippen LogP contribution in [0.25, 0.3) is 0 Å². The molecule has 0 aliphatic heterocycles. The van der Waals surface area contributed by atoms with Gasteiger partial charge in [0.2, 0.25) is 0 Å². The highest BCUT2D eigenvalue weighted by atomic mass is 16.2. The minimum absolute atomic E-state index is 0.543. The van der Waals surface area contributed by atoms with Gasteiger partial charge in [-0.25, -0.2) is 0 Å². The van der Waals surface area contributed by atoms with Crippen LogP contribution in [0.5, 0.6) is 0 Å². The van der Waals surface area contributed by atoms with E-state index < -0.39 is 11.8 Å². The summed E-state index contributed by atoms with van der Waals surface area (Å²) in [7, 11) is 0. The Bertz CT molecular complexity index is 467. The van der Waals surface area contributed by atoms with Crippen LogP contribution >= 0.6 is 0 Å². The number of carbonyl (C=O) groups is 2. The summed E-state index contributed by atoms with van der Waals surface area (Å²) in [4.78, 5) is 25.6. The van der Waals surface area contributed by atoms with Crippen molar-refractivity contribution in [1.29, 1.82) is 0 Å². The summed E-state index contributed by atoms with van der Waals surface area (Å²) in [5.41, 5.74) is 1.73. The van der Waals surface area contributed by atoms with Crippen LogP contribution in [0.15, 0.2) is 24.3 Å². The summed E-state index contributed by atoms with van der Waals surface area (Å²) in [6.45, 7) is 8.70. The Morgan fingerprint density at radius 3 is 2.14 bits per heavy atom. The first-order valence-corrected chi connectivity index (χ1v) is 8.06. The van der Waals surface area contributed by atoms with Crippen molar-refractivity contribution in [3.63, 3.8) is 0 Å². The van der Waals surface area contributed by atoms with Crippen LogP contribution < -0.4 is 15.5 Å². The van der Waals surface area contributed by atoms with E-state index in [0.29, 0.717) is 12.2 Å². The predicted molar refractivity (Wildman–Crippen MR) is 91.2 cm³/mol. The highest BCUT2D eigenvalue weighted by Gasteiger charge is 2.13. The second kappa shape index (κ2) is 9.82. The Hall–Kier alpha value is -2.04. The van der Waals surface area contributed by atoms with Crippen molar-refractivity contribution >= 4 is 23.2 Å². The van der Waals surface area contributed by atoms with Crippen molar-refractivity contribution in [2.75, 3.05) is 29.9 Å². The van der Waals surface area contributed by atoms with Crippen molar-refractivity contribution in [2.24, 2.45) is 0 Å². The summed E-state index contributed by atoms with van der Waals surface area (Å²) in [6, 6.07) is 7.52. The number of amides is 2. The summed E-state index contributed by atoms with van der Waals surface area (Å²) >= 11 is 0. The molecular weight excluding hydrogens is 278 g/mol. The zero-order valence-electron chi connectivity index (χ0n) is 13.8. The first kappa shape index (κ1) is 18.0. The summed E-state index contributed by atoms with van der Waals surface area (Å²) in [5, 5.41) is 5.24. The molecular formula is C17H27N3O2. The van der Waals surface area contributed by atoms with Crippen LogP contribution in [-0.2, 0) is 9.59 Å². The normalized spacial score (nSPS) is 10.1. The van der Waals surface area contributed by atoms with Gasteiger partial charge in [0, 0.05) is 31.0 Å². The van der Waals surface area contributed by atoms with Gasteiger partial charge in [0.15, 0.2) is 0 Å². The average Bonchev–Trinajstić information content (AvgIpc) is 2.54. The van der Waals surface area contributed by atoms with Crippen LogP contribution in [0.2, 0.25) is 0 Å². The van der Waals surface area contributed by atoms with Gasteiger partial charge < -0.3 is 15.5 Å².